The number of likely N-dealkylation sites (tertiary alicyclic amines) is 1. The Hall–Kier alpha value is -2.26. The molecule has 0 N–H and O–H groups in total. The number of carbonyl (C=O) groups excluding carboxylic acids is 1. The van der Waals surface area contributed by atoms with Crippen molar-refractivity contribution in [3.8, 4) is 16.9 Å². The van der Waals surface area contributed by atoms with E-state index in [1.807, 2.05) is 29.2 Å². The number of benzene rings is 2. The Morgan fingerprint density at radius 3 is 2.47 bits per heavy atom. The first-order valence-corrected chi connectivity index (χ1v) is 12.0. The summed E-state index contributed by atoms with van der Waals surface area (Å²) in [7, 11) is 0. The Kier molecular flexibility index (Phi) is 6.95. The van der Waals surface area contributed by atoms with Crippen LogP contribution in [0.25, 0.3) is 16.9 Å². The Morgan fingerprint density at radius 1 is 1.06 bits per heavy atom. The van der Waals surface area contributed by atoms with Gasteiger partial charge in [-0.15, -0.1) is 0 Å². The van der Waals surface area contributed by atoms with Crippen LogP contribution in [-0.4, -0.2) is 39.2 Å². The molecule has 1 amide bonds. The molecule has 0 unspecified atom stereocenters. The lowest BCUT2D eigenvalue weighted by atomic mass is 10.1. The van der Waals surface area contributed by atoms with Crippen LogP contribution < -0.4 is 0 Å². The number of halogens is 4. The quantitative estimate of drug-likeness (QED) is 0.362. The summed E-state index contributed by atoms with van der Waals surface area (Å²) in [6, 6.07) is 12.6. The van der Waals surface area contributed by atoms with Crippen molar-refractivity contribution in [3.63, 3.8) is 0 Å². The second kappa shape index (κ2) is 9.70. The van der Waals surface area contributed by atoms with E-state index in [-0.39, 0.29) is 11.7 Å². The van der Waals surface area contributed by atoms with E-state index in [0.717, 1.165) is 54.5 Å². The zero-order valence-electron chi connectivity index (χ0n) is 17.1. The lowest BCUT2D eigenvalue weighted by Crippen LogP contribution is -2.36. The van der Waals surface area contributed by atoms with Crippen LogP contribution in [0.3, 0.4) is 0 Å². The summed E-state index contributed by atoms with van der Waals surface area (Å²) in [5, 5.41) is 0.479. The predicted octanol–water partition coefficient (Wildman–Crippen LogP) is 6.43. The summed E-state index contributed by atoms with van der Waals surface area (Å²) < 4.78 is 42.6. The summed E-state index contributed by atoms with van der Waals surface area (Å²) in [5.41, 5.74) is 1.09. The third-order valence-electron chi connectivity index (χ3n) is 5.33. The average Bonchev–Trinajstić information content (AvgIpc) is 3.22. The Labute approximate surface area is 197 Å². The van der Waals surface area contributed by atoms with E-state index < -0.39 is 11.7 Å². The normalized spacial score (nSPS) is 14.6. The second-order valence-corrected chi connectivity index (χ2v) is 9.40. The third-order valence-corrected chi connectivity index (χ3v) is 6.80. The molecule has 1 aromatic heterocycles. The van der Waals surface area contributed by atoms with Crippen molar-refractivity contribution in [2.45, 2.75) is 30.6 Å². The van der Waals surface area contributed by atoms with Gasteiger partial charge in [0.05, 0.1) is 23.2 Å². The third kappa shape index (κ3) is 5.20. The molecule has 1 fully saturated rings. The van der Waals surface area contributed by atoms with Crippen LogP contribution in [0.5, 0.6) is 0 Å². The highest BCUT2D eigenvalue weighted by atomic mass is 79.9. The first-order chi connectivity index (χ1) is 15.3. The monoisotopic (exact) mass is 523 g/mol. The van der Waals surface area contributed by atoms with E-state index >= 15 is 0 Å². The highest BCUT2D eigenvalue weighted by molar-refractivity contribution is 9.10. The van der Waals surface area contributed by atoms with Crippen molar-refractivity contribution in [2.24, 2.45) is 0 Å². The number of hydrogen-bond donors (Lipinski definition) is 0. The maximum Gasteiger partial charge on any atom is 0.416 e. The van der Waals surface area contributed by atoms with Crippen LogP contribution in [-0.2, 0) is 11.0 Å². The molecule has 0 atom stereocenters. The second-order valence-electron chi connectivity index (χ2n) is 7.55. The van der Waals surface area contributed by atoms with E-state index in [2.05, 4.69) is 20.9 Å². The standard InChI is InChI=1S/C23H21BrF3N3OS/c24-18-9-7-16(8-10-18)20-14-28-22(32-15-21(31)29-11-2-1-3-12-29)30(20)19-6-4-5-17(13-19)23(25,26)27/h4-10,13-14H,1-3,11-12,15H2. The molecule has 0 spiro atoms. The van der Waals surface area contributed by atoms with E-state index in [1.54, 1.807) is 16.8 Å². The fraction of sp³-hybridized carbons (Fsp3) is 0.304. The number of hydrogen-bond acceptors (Lipinski definition) is 3. The van der Waals surface area contributed by atoms with Gasteiger partial charge in [0.2, 0.25) is 5.91 Å². The van der Waals surface area contributed by atoms with Crippen LogP contribution in [0.2, 0.25) is 0 Å². The number of amides is 1. The summed E-state index contributed by atoms with van der Waals surface area (Å²) in [4.78, 5) is 18.9. The zero-order valence-corrected chi connectivity index (χ0v) is 19.5. The summed E-state index contributed by atoms with van der Waals surface area (Å²) in [6.07, 6.45) is 0.322. The highest BCUT2D eigenvalue weighted by Gasteiger charge is 2.31. The van der Waals surface area contributed by atoms with Crippen LogP contribution in [0.15, 0.2) is 64.4 Å². The van der Waals surface area contributed by atoms with Crippen molar-refractivity contribution in [1.29, 1.82) is 0 Å². The molecule has 2 heterocycles. The number of piperidine rings is 1. The average molecular weight is 524 g/mol. The van der Waals surface area contributed by atoms with E-state index in [4.69, 9.17) is 0 Å². The van der Waals surface area contributed by atoms with Gasteiger partial charge in [-0.1, -0.05) is 45.9 Å². The number of nitrogens with zero attached hydrogens (tertiary/aromatic N) is 3. The Bertz CT molecular complexity index is 1090. The number of rotatable bonds is 5. The van der Waals surface area contributed by atoms with Crippen molar-refractivity contribution in [2.75, 3.05) is 18.8 Å². The molecule has 2 aromatic carbocycles. The van der Waals surface area contributed by atoms with E-state index in [0.29, 0.717) is 16.5 Å². The molecule has 0 aliphatic carbocycles. The SMILES string of the molecule is O=C(CSc1ncc(-c2ccc(Br)cc2)n1-c1cccc(C(F)(F)F)c1)N1CCCCC1. The molecule has 168 valence electrons. The molecule has 4 rings (SSSR count). The minimum Gasteiger partial charge on any atom is -0.342 e. The number of thioether (sulfide) groups is 1. The zero-order chi connectivity index (χ0) is 22.7. The number of alkyl halides is 3. The summed E-state index contributed by atoms with van der Waals surface area (Å²) in [6.45, 7) is 1.51. The van der Waals surface area contributed by atoms with Gasteiger partial charge in [-0.25, -0.2) is 4.98 Å². The smallest absolute Gasteiger partial charge is 0.342 e. The first kappa shape index (κ1) is 22.9. The minimum atomic E-state index is -4.45. The Morgan fingerprint density at radius 2 is 1.78 bits per heavy atom. The molecule has 1 saturated heterocycles. The molecule has 9 heteroatoms. The lowest BCUT2D eigenvalue weighted by molar-refractivity contribution is -0.137. The van der Waals surface area contributed by atoms with E-state index in [9.17, 15) is 18.0 Å². The van der Waals surface area contributed by atoms with Crippen molar-refractivity contribution in [1.82, 2.24) is 14.5 Å². The molecular weight excluding hydrogens is 503 g/mol. The molecule has 3 aromatic rings. The maximum absolute atomic E-state index is 13.4. The van der Waals surface area contributed by atoms with Crippen LogP contribution in [0.1, 0.15) is 24.8 Å². The van der Waals surface area contributed by atoms with Gasteiger partial charge in [-0.3, -0.25) is 9.36 Å². The minimum absolute atomic E-state index is 0.0264. The maximum atomic E-state index is 13.4. The van der Waals surface area contributed by atoms with Crippen molar-refractivity contribution < 1.29 is 18.0 Å². The molecule has 32 heavy (non-hydrogen) atoms. The van der Waals surface area contributed by atoms with E-state index in [1.165, 1.54) is 17.8 Å². The van der Waals surface area contributed by atoms with Gasteiger partial charge in [-0.2, -0.15) is 13.2 Å². The molecule has 0 radical (unpaired) electrons. The van der Waals surface area contributed by atoms with Gasteiger partial charge in [0, 0.05) is 28.8 Å². The largest absolute Gasteiger partial charge is 0.416 e. The molecule has 1 aliphatic heterocycles. The molecular formula is C23H21BrF3N3OS. The van der Waals surface area contributed by atoms with Gasteiger partial charge in [0.15, 0.2) is 5.16 Å². The van der Waals surface area contributed by atoms with Crippen LogP contribution >= 0.6 is 27.7 Å². The van der Waals surface area contributed by atoms with Gasteiger partial charge in [0.25, 0.3) is 0 Å². The topological polar surface area (TPSA) is 38.1 Å². The molecule has 0 saturated carbocycles. The van der Waals surface area contributed by atoms with Crippen LogP contribution in [0, 0.1) is 0 Å². The predicted molar refractivity (Wildman–Crippen MR) is 123 cm³/mol. The van der Waals surface area contributed by atoms with Crippen molar-refractivity contribution in [3.05, 3.63) is 64.8 Å². The van der Waals surface area contributed by atoms with Gasteiger partial charge in [-0.05, 0) is 49.6 Å². The summed E-state index contributed by atoms with van der Waals surface area (Å²) in [5.74, 6) is 0.217. The van der Waals surface area contributed by atoms with Crippen molar-refractivity contribution >= 4 is 33.6 Å². The summed E-state index contributed by atoms with van der Waals surface area (Å²) >= 11 is 4.65. The van der Waals surface area contributed by atoms with Gasteiger partial charge >= 0.3 is 6.18 Å². The van der Waals surface area contributed by atoms with Gasteiger partial charge < -0.3 is 4.90 Å². The Balaban J connectivity index is 1.69. The highest BCUT2D eigenvalue weighted by Crippen LogP contribution is 2.34. The van der Waals surface area contributed by atoms with Gasteiger partial charge in [0.1, 0.15) is 0 Å². The number of aromatic nitrogens is 2. The first-order valence-electron chi connectivity index (χ1n) is 10.2. The fourth-order valence-electron chi connectivity index (χ4n) is 3.69. The lowest BCUT2D eigenvalue weighted by Gasteiger charge is -2.26. The molecule has 4 nitrogen and oxygen atoms in total. The van der Waals surface area contributed by atoms with Crippen LogP contribution in [0.4, 0.5) is 13.2 Å². The molecule has 0 bridgehead atoms. The number of imidazole rings is 1. The number of carbonyl (C=O) groups is 1. The fourth-order valence-corrected chi connectivity index (χ4v) is 4.85. The molecule has 1 aliphatic rings.